The Hall–Kier alpha value is -2.64. The number of nitro benzene ring substituents is 1. The molecule has 1 amide bonds. The van der Waals surface area contributed by atoms with E-state index in [0.717, 1.165) is 12.1 Å². The first-order valence-electron chi connectivity index (χ1n) is 7.04. The van der Waals surface area contributed by atoms with E-state index >= 15 is 0 Å². The topological polar surface area (TPSA) is 98.5 Å². The lowest BCUT2D eigenvalue weighted by Crippen LogP contribution is -2.14. The van der Waals surface area contributed by atoms with Crippen molar-refractivity contribution in [3.8, 4) is 0 Å². The average molecular weight is 383 g/mol. The van der Waals surface area contributed by atoms with Gasteiger partial charge in [0.25, 0.3) is 11.6 Å². The number of rotatable bonds is 5. The average Bonchev–Trinajstić information content (AvgIpc) is 2.57. The highest BCUT2D eigenvalue weighted by molar-refractivity contribution is 6.35. The predicted octanol–water partition coefficient (Wildman–Crippen LogP) is 4.33. The maximum atomic E-state index is 12.4. The largest absolute Gasteiger partial charge is 0.462 e. The number of benzene rings is 2. The lowest BCUT2D eigenvalue weighted by molar-refractivity contribution is -0.384. The number of esters is 1. The molecule has 2 aromatic rings. The summed E-state index contributed by atoms with van der Waals surface area (Å²) in [6, 6.07) is 7.78. The molecule has 0 unspecified atom stereocenters. The van der Waals surface area contributed by atoms with Crippen LogP contribution in [0.5, 0.6) is 0 Å². The summed E-state index contributed by atoms with van der Waals surface area (Å²) < 4.78 is 4.82. The van der Waals surface area contributed by atoms with E-state index in [4.69, 9.17) is 27.9 Å². The number of amides is 1. The normalized spacial score (nSPS) is 10.2. The van der Waals surface area contributed by atoms with Gasteiger partial charge in [-0.1, -0.05) is 23.2 Å². The summed E-state index contributed by atoms with van der Waals surface area (Å²) >= 11 is 11.8. The number of nitrogens with zero attached hydrogens (tertiary/aromatic N) is 1. The molecule has 0 saturated heterocycles. The van der Waals surface area contributed by atoms with Gasteiger partial charge in [-0.3, -0.25) is 14.9 Å². The number of carbonyl (C=O) groups is 2. The number of nitrogens with one attached hydrogen (secondary N) is 1. The zero-order chi connectivity index (χ0) is 18.6. The van der Waals surface area contributed by atoms with E-state index in [1.54, 1.807) is 13.0 Å². The molecule has 130 valence electrons. The smallest absolute Gasteiger partial charge is 0.338 e. The summed E-state index contributed by atoms with van der Waals surface area (Å²) in [5, 5.41) is 14.1. The molecule has 0 aromatic heterocycles. The zero-order valence-corrected chi connectivity index (χ0v) is 14.4. The first-order valence-corrected chi connectivity index (χ1v) is 7.80. The summed E-state index contributed by atoms with van der Waals surface area (Å²) in [4.78, 5) is 34.6. The molecule has 0 aliphatic carbocycles. The van der Waals surface area contributed by atoms with E-state index in [-0.39, 0.29) is 28.4 Å². The molecule has 0 fully saturated rings. The lowest BCUT2D eigenvalue weighted by atomic mass is 10.1. The fourth-order valence-electron chi connectivity index (χ4n) is 1.97. The van der Waals surface area contributed by atoms with Crippen LogP contribution in [-0.2, 0) is 4.74 Å². The Kier molecular flexibility index (Phi) is 5.95. The highest BCUT2D eigenvalue weighted by Crippen LogP contribution is 2.26. The van der Waals surface area contributed by atoms with Crippen LogP contribution in [0.15, 0.2) is 36.4 Å². The van der Waals surface area contributed by atoms with Gasteiger partial charge in [0.2, 0.25) is 0 Å². The third kappa shape index (κ3) is 4.68. The summed E-state index contributed by atoms with van der Waals surface area (Å²) in [6.07, 6.45) is 0. The van der Waals surface area contributed by atoms with E-state index in [2.05, 4.69) is 5.32 Å². The maximum absolute atomic E-state index is 12.4. The van der Waals surface area contributed by atoms with Crippen LogP contribution in [0.4, 0.5) is 11.4 Å². The minimum atomic E-state index is -0.763. The van der Waals surface area contributed by atoms with Crippen LogP contribution in [-0.4, -0.2) is 23.4 Å². The van der Waals surface area contributed by atoms with Gasteiger partial charge >= 0.3 is 5.97 Å². The highest BCUT2D eigenvalue weighted by atomic mass is 35.5. The monoisotopic (exact) mass is 382 g/mol. The number of halogens is 2. The van der Waals surface area contributed by atoms with Crippen LogP contribution in [0.25, 0.3) is 0 Å². The van der Waals surface area contributed by atoms with Crippen LogP contribution in [0, 0.1) is 10.1 Å². The number of nitro groups is 1. The van der Waals surface area contributed by atoms with E-state index in [0.29, 0.717) is 5.02 Å². The van der Waals surface area contributed by atoms with Gasteiger partial charge in [0, 0.05) is 22.7 Å². The summed E-state index contributed by atoms with van der Waals surface area (Å²) in [5.41, 5.74) is -0.358. The second kappa shape index (κ2) is 7.96. The van der Waals surface area contributed by atoms with Crippen LogP contribution < -0.4 is 5.32 Å². The van der Waals surface area contributed by atoms with Gasteiger partial charge in [-0.15, -0.1) is 0 Å². The van der Waals surface area contributed by atoms with Crippen molar-refractivity contribution in [2.75, 3.05) is 11.9 Å². The number of hydrogen-bond donors (Lipinski definition) is 1. The van der Waals surface area contributed by atoms with E-state index in [1.807, 2.05) is 0 Å². The van der Waals surface area contributed by atoms with Crippen molar-refractivity contribution < 1.29 is 19.2 Å². The number of hydrogen-bond acceptors (Lipinski definition) is 5. The first kappa shape index (κ1) is 18.7. The predicted molar refractivity (Wildman–Crippen MR) is 93.5 cm³/mol. The molecule has 0 spiro atoms. The summed E-state index contributed by atoms with van der Waals surface area (Å²) in [7, 11) is 0. The Labute approximate surface area is 152 Å². The number of carbonyl (C=O) groups excluding carboxylic acids is 2. The molecule has 0 aliphatic rings. The molecule has 0 heterocycles. The first-order chi connectivity index (χ1) is 11.8. The maximum Gasteiger partial charge on any atom is 0.338 e. The van der Waals surface area contributed by atoms with Crippen molar-refractivity contribution in [3.63, 3.8) is 0 Å². The van der Waals surface area contributed by atoms with Crippen LogP contribution >= 0.6 is 23.2 Å². The van der Waals surface area contributed by atoms with E-state index in [1.165, 1.54) is 18.2 Å². The quantitative estimate of drug-likeness (QED) is 0.471. The van der Waals surface area contributed by atoms with Crippen LogP contribution in [0.2, 0.25) is 10.0 Å². The fraction of sp³-hybridized carbons (Fsp3) is 0.125. The van der Waals surface area contributed by atoms with Crippen molar-refractivity contribution in [1.82, 2.24) is 0 Å². The SMILES string of the molecule is CCOC(=O)c1cc(C(=O)Nc2cc(Cl)ccc2Cl)cc([N+](=O)[O-])c1. The van der Waals surface area contributed by atoms with Crippen molar-refractivity contribution in [3.05, 3.63) is 67.7 Å². The molecule has 9 heteroatoms. The number of anilines is 1. The molecule has 0 atom stereocenters. The molecular formula is C16H12Cl2N2O5. The van der Waals surface area contributed by atoms with Crippen molar-refractivity contribution in [1.29, 1.82) is 0 Å². The van der Waals surface area contributed by atoms with Gasteiger partial charge in [-0.05, 0) is 31.2 Å². The van der Waals surface area contributed by atoms with Gasteiger partial charge in [0.05, 0.1) is 27.8 Å². The minimum Gasteiger partial charge on any atom is -0.462 e. The van der Waals surface area contributed by atoms with Gasteiger partial charge in [0.1, 0.15) is 0 Å². The molecule has 2 aromatic carbocycles. The summed E-state index contributed by atoms with van der Waals surface area (Å²) in [6.45, 7) is 1.70. The highest BCUT2D eigenvalue weighted by Gasteiger charge is 2.19. The summed E-state index contributed by atoms with van der Waals surface area (Å²) in [5.74, 6) is -1.44. The molecule has 0 saturated carbocycles. The van der Waals surface area contributed by atoms with Crippen LogP contribution in [0.1, 0.15) is 27.6 Å². The van der Waals surface area contributed by atoms with Gasteiger partial charge in [0.15, 0.2) is 0 Å². The molecule has 0 aliphatic heterocycles. The fourth-order valence-corrected chi connectivity index (χ4v) is 2.30. The molecule has 1 N–H and O–H groups in total. The number of ether oxygens (including phenoxy) is 1. The van der Waals surface area contributed by atoms with Crippen molar-refractivity contribution in [2.24, 2.45) is 0 Å². The minimum absolute atomic E-state index is 0.0895. The molecule has 25 heavy (non-hydrogen) atoms. The third-order valence-electron chi connectivity index (χ3n) is 3.08. The second-order valence-electron chi connectivity index (χ2n) is 4.82. The Morgan fingerprint density at radius 1 is 1.16 bits per heavy atom. The molecule has 7 nitrogen and oxygen atoms in total. The van der Waals surface area contributed by atoms with Crippen molar-refractivity contribution in [2.45, 2.75) is 6.92 Å². The standard InChI is InChI=1S/C16H12Cl2N2O5/c1-2-25-16(22)10-5-9(6-12(7-10)20(23)24)15(21)19-14-8-11(17)3-4-13(14)18/h3-8H,2H2,1H3,(H,19,21). The molecule has 0 bridgehead atoms. The Morgan fingerprint density at radius 3 is 2.48 bits per heavy atom. The number of non-ortho nitro benzene ring substituents is 1. The Morgan fingerprint density at radius 2 is 1.84 bits per heavy atom. The van der Waals surface area contributed by atoms with E-state index in [9.17, 15) is 19.7 Å². The lowest BCUT2D eigenvalue weighted by Gasteiger charge is -2.09. The Bertz CT molecular complexity index is 854. The second-order valence-corrected chi connectivity index (χ2v) is 5.67. The molecular weight excluding hydrogens is 371 g/mol. The zero-order valence-electron chi connectivity index (χ0n) is 12.9. The third-order valence-corrected chi connectivity index (χ3v) is 3.64. The van der Waals surface area contributed by atoms with Gasteiger partial charge in [-0.25, -0.2) is 4.79 Å². The van der Waals surface area contributed by atoms with E-state index < -0.39 is 22.5 Å². The van der Waals surface area contributed by atoms with Crippen LogP contribution in [0.3, 0.4) is 0 Å². The van der Waals surface area contributed by atoms with Gasteiger partial charge < -0.3 is 10.1 Å². The van der Waals surface area contributed by atoms with Gasteiger partial charge in [-0.2, -0.15) is 0 Å². The van der Waals surface area contributed by atoms with Crippen molar-refractivity contribution >= 4 is 46.5 Å². The molecule has 0 radical (unpaired) electrons. The molecule has 2 rings (SSSR count). The Balaban J connectivity index is 2.39.